The summed E-state index contributed by atoms with van der Waals surface area (Å²) in [5.41, 5.74) is 2.15. The van der Waals surface area contributed by atoms with Crippen LogP contribution in [0, 0.1) is 0 Å². The van der Waals surface area contributed by atoms with Gasteiger partial charge in [0.25, 0.3) is 0 Å². The Bertz CT molecular complexity index is 910. The zero-order chi connectivity index (χ0) is 22.2. The number of likely N-dealkylation sites (tertiary alicyclic amines) is 1. The summed E-state index contributed by atoms with van der Waals surface area (Å²) in [5.74, 6) is 1.84. The number of nitrogens with zero attached hydrogens (tertiary/aromatic N) is 4. The molecule has 2 aromatic rings. The number of piperidine rings is 1. The van der Waals surface area contributed by atoms with Gasteiger partial charge >= 0.3 is 0 Å². The molecule has 8 nitrogen and oxygen atoms in total. The molecule has 3 rings (SSSR count). The monoisotopic (exact) mass is 553 g/mol. The van der Waals surface area contributed by atoms with E-state index in [0.29, 0.717) is 19.1 Å². The van der Waals surface area contributed by atoms with Crippen molar-refractivity contribution in [3.05, 3.63) is 35.9 Å². The molecule has 0 saturated carbocycles. The molecular formula is C23H36IN7O. The minimum atomic E-state index is 0. The van der Waals surface area contributed by atoms with E-state index in [2.05, 4.69) is 39.9 Å². The van der Waals surface area contributed by atoms with Crippen molar-refractivity contribution in [2.75, 3.05) is 52.2 Å². The minimum absolute atomic E-state index is 0. The Morgan fingerprint density at radius 1 is 1.25 bits per heavy atom. The average Bonchev–Trinajstić information content (AvgIpc) is 2.78. The number of likely N-dealkylation sites (N-methyl/N-ethyl adjacent to an activating group) is 1. The van der Waals surface area contributed by atoms with E-state index in [4.69, 9.17) is 9.98 Å². The third-order valence-electron chi connectivity index (χ3n) is 5.57. The number of rotatable bonds is 7. The van der Waals surface area contributed by atoms with Crippen molar-refractivity contribution in [2.24, 2.45) is 4.99 Å². The molecule has 1 saturated heterocycles. The van der Waals surface area contributed by atoms with Gasteiger partial charge in [-0.1, -0.05) is 18.2 Å². The summed E-state index contributed by atoms with van der Waals surface area (Å²) in [7, 11) is 5.70. The highest BCUT2D eigenvalue weighted by molar-refractivity contribution is 14.0. The zero-order valence-electron chi connectivity index (χ0n) is 19.5. The van der Waals surface area contributed by atoms with Crippen molar-refractivity contribution in [3.63, 3.8) is 0 Å². The molecular weight excluding hydrogens is 517 g/mol. The predicted octanol–water partition coefficient (Wildman–Crippen LogP) is 2.18. The summed E-state index contributed by atoms with van der Waals surface area (Å²) in [6.45, 7) is 5.75. The van der Waals surface area contributed by atoms with E-state index in [-0.39, 0.29) is 29.9 Å². The summed E-state index contributed by atoms with van der Waals surface area (Å²) in [6.07, 6.45) is 1.98. The number of nitrogens with one attached hydrogen (secondary N) is 3. The molecule has 1 aromatic heterocycles. The van der Waals surface area contributed by atoms with Gasteiger partial charge in [0.15, 0.2) is 5.96 Å². The lowest BCUT2D eigenvalue weighted by Crippen LogP contribution is -2.50. The molecule has 2 heterocycles. The quantitative estimate of drug-likeness (QED) is 0.277. The second-order valence-electron chi connectivity index (χ2n) is 8.11. The molecule has 32 heavy (non-hydrogen) atoms. The van der Waals surface area contributed by atoms with Crippen LogP contribution < -0.4 is 20.9 Å². The fourth-order valence-electron chi connectivity index (χ4n) is 3.79. The van der Waals surface area contributed by atoms with Gasteiger partial charge in [0, 0.05) is 52.2 Å². The van der Waals surface area contributed by atoms with Gasteiger partial charge in [0.2, 0.25) is 5.91 Å². The Morgan fingerprint density at radius 2 is 1.97 bits per heavy atom. The smallest absolute Gasteiger partial charge is 0.233 e. The van der Waals surface area contributed by atoms with Gasteiger partial charge < -0.3 is 20.9 Å². The standard InChI is InChI=1S/C23H35N7O.HI/c1-5-25-23(27-18-10-12-30(13-11-18)16-22(31)24-2)26-15-17-14-21(29(3)4)28-20-9-7-6-8-19(17)20;/h6-9,14,18H,5,10-13,15-16H2,1-4H3,(H,24,31)(H2,25,26,27);1H. The first-order valence-corrected chi connectivity index (χ1v) is 11.0. The van der Waals surface area contributed by atoms with Crippen LogP contribution in [0.15, 0.2) is 35.3 Å². The van der Waals surface area contributed by atoms with Gasteiger partial charge in [-0.15, -0.1) is 24.0 Å². The fourth-order valence-corrected chi connectivity index (χ4v) is 3.79. The van der Waals surface area contributed by atoms with Crippen LogP contribution in [0.4, 0.5) is 5.82 Å². The molecule has 0 bridgehead atoms. The Kier molecular flexibility index (Phi) is 10.4. The lowest BCUT2D eigenvalue weighted by atomic mass is 10.1. The zero-order valence-corrected chi connectivity index (χ0v) is 21.8. The van der Waals surface area contributed by atoms with Crippen LogP contribution in [0.1, 0.15) is 25.3 Å². The topological polar surface area (TPSA) is 84.9 Å². The van der Waals surface area contributed by atoms with Crippen LogP contribution in [0.2, 0.25) is 0 Å². The Hall–Kier alpha value is -2.14. The van der Waals surface area contributed by atoms with Crippen molar-refractivity contribution in [3.8, 4) is 0 Å². The lowest BCUT2D eigenvalue weighted by molar-refractivity contribution is -0.122. The van der Waals surface area contributed by atoms with Crippen molar-refractivity contribution >= 4 is 52.6 Å². The highest BCUT2D eigenvalue weighted by atomic mass is 127. The first kappa shape index (κ1) is 26.1. The van der Waals surface area contributed by atoms with Crippen LogP contribution in [0.25, 0.3) is 10.9 Å². The molecule has 3 N–H and O–H groups in total. The first-order chi connectivity index (χ1) is 15.0. The molecule has 1 aliphatic heterocycles. The number of halogens is 1. The van der Waals surface area contributed by atoms with Crippen molar-refractivity contribution in [2.45, 2.75) is 32.4 Å². The Morgan fingerprint density at radius 3 is 2.62 bits per heavy atom. The SMILES string of the molecule is CCNC(=NCc1cc(N(C)C)nc2ccccc12)NC1CCN(CC(=O)NC)CC1.I. The fraction of sp³-hybridized carbons (Fsp3) is 0.522. The van der Waals surface area contributed by atoms with Gasteiger partial charge in [-0.05, 0) is 37.5 Å². The van der Waals surface area contributed by atoms with Gasteiger partial charge in [-0.3, -0.25) is 9.69 Å². The number of aliphatic imine (C=N–C) groups is 1. The van der Waals surface area contributed by atoms with Crippen LogP contribution >= 0.6 is 24.0 Å². The number of fused-ring (bicyclic) bond motifs is 1. The number of carbonyl (C=O) groups excluding carboxylic acids is 1. The lowest BCUT2D eigenvalue weighted by Gasteiger charge is -2.32. The molecule has 9 heteroatoms. The number of benzene rings is 1. The summed E-state index contributed by atoms with van der Waals surface area (Å²) in [5, 5.41) is 10.8. The molecule has 0 atom stereocenters. The van der Waals surface area contributed by atoms with Crippen molar-refractivity contribution in [1.82, 2.24) is 25.8 Å². The number of guanidine groups is 1. The maximum atomic E-state index is 11.6. The highest BCUT2D eigenvalue weighted by Gasteiger charge is 2.21. The first-order valence-electron chi connectivity index (χ1n) is 11.0. The van der Waals surface area contributed by atoms with Crippen LogP contribution in [-0.2, 0) is 11.3 Å². The van der Waals surface area contributed by atoms with E-state index in [0.717, 1.165) is 60.7 Å². The van der Waals surface area contributed by atoms with Crippen LogP contribution in [0.5, 0.6) is 0 Å². The number of hydrogen-bond donors (Lipinski definition) is 3. The minimum Gasteiger partial charge on any atom is -0.363 e. The molecule has 0 unspecified atom stereocenters. The molecule has 1 fully saturated rings. The molecule has 0 radical (unpaired) electrons. The maximum absolute atomic E-state index is 11.6. The Balaban J connectivity index is 0.00000363. The van der Waals surface area contributed by atoms with E-state index in [1.54, 1.807) is 7.05 Å². The van der Waals surface area contributed by atoms with E-state index >= 15 is 0 Å². The second-order valence-corrected chi connectivity index (χ2v) is 8.11. The third-order valence-corrected chi connectivity index (χ3v) is 5.57. The summed E-state index contributed by atoms with van der Waals surface area (Å²) in [4.78, 5) is 25.4. The third kappa shape index (κ3) is 7.19. The highest BCUT2D eigenvalue weighted by Crippen LogP contribution is 2.22. The number of carbonyl (C=O) groups is 1. The molecule has 0 spiro atoms. The van der Waals surface area contributed by atoms with Crippen LogP contribution in [0.3, 0.4) is 0 Å². The van der Waals surface area contributed by atoms with Crippen LogP contribution in [-0.4, -0.2) is 75.1 Å². The number of aromatic nitrogens is 1. The summed E-state index contributed by atoms with van der Waals surface area (Å²) < 4.78 is 0. The summed E-state index contributed by atoms with van der Waals surface area (Å²) in [6, 6.07) is 10.7. The normalized spacial score (nSPS) is 15.2. The molecule has 1 aromatic carbocycles. The number of hydrogen-bond acceptors (Lipinski definition) is 5. The number of para-hydroxylation sites is 1. The number of anilines is 1. The number of amides is 1. The van der Waals surface area contributed by atoms with E-state index < -0.39 is 0 Å². The maximum Gasteiger partial charge on any atom is 0.233 e. The largest absolute Gasteiger partial charge is 0.363 e. The van der Waals surface area contributed by atoms with Gasteiger partial charge in [0.05, 0.1) is 18.6 Å². The Labute approximate surface area is 208 Å². The van der Waals surface area contributed by atoms with E-state index in [9.17, 15) is 4.79 Å². The number of pyridine rings is 1. The molecule has 176 valence electrons. The van der Waals surface area contributed by atoms with Gasteiger partial charge in [0.1, 0.15) is 5.82 Å². The van der Waals surface area contributed by atoms with Gasteiger partial charge in [-0.2, -0.15) is 0 Å². The van der Waals surface area contributed by atoms with Crippen molar-refractivity contribution < 1.29 is 4.79 Å². The van der Waals surface area contributed by atoms with Gasteiger partial charge in [-0.25, -0.2) is 9.98 Å². The second kappa shape index (κ2) is 12.8. The predicted molar refractivity (Wildman–Crippen MR) is 143 cm³/mol. The molecule has 0 aliphatic carbocycles. The molecule has 1 amide bonds. The average molecular weight is 553 g/mol. The van der Waals surface area contributed by atoms with E-state index in [1.807, 2.05) is 37.2 Å². The van der Waals surface area contributed by atoms with Crippen molar-refractivity contribution in [1.29, 1.82) is 0 Å². The van der Waals surface area contributed by atoms with E-state index in [1.165, 1.54) is 0 Å². The molecule has 1 aliphatic rings. The summed E-state index contributed by atoms with van der Waals surface area (Å²) >= 11 is 0.